The highest BCUT2D eigenvalue weighted by molar-refractivity contribution is 6.05. The van der Waals surface area contributed by atoms with Crippen molar-refractivity contribution >= 4 is 16.9 Å². The molecule has 0 spiro atoms. The Hall–Kier alpha value is -2.49. The van der Waals surface area contributed by atoms with E-state index in [4.69, 9.17) is 4.74 Å². The van der Waals surface area contributed by atoms with Crippen molar-refractivity contribution in [1.29, 1.82) is 0 Å². The second-order valence-electron chi connectivity index (χ2n) is 6.17. The van der Waals surface area contributed by atoms with Gasteiger partial charge in [-0.25, -0.2) is 4.79 Å². The number of unbranched alkanes of at least 4 members (excludes halogenated alkanes) is 1. The summed E-state index contributed by atoms with van der Waals surface area (Å²) in [5.41, 5.74) is 5.88. The van der Waals surface area contributed by atoms with E-state index in [-0.39, 0.29) is 5.97 Å². The van der Waals surface area contributed by atoms with Gasteiger partial charge in [0.25, 0.3) is 0 Å². The van der Waals surface area contributed by atoms with Crippen LogP contribution >= 0.6 is 0 Å². The maximum atomic E-state index is 12.5. The Kier molecular flexibility index (Phi) is 4.47. The van der Waals surface area contributed by atoms with Gasteiger partial charge in [0.2, 0.25) is 0 Å². The Bertz CT molecular complexity index is 887. The molecular weight excluding hydrogens is 300 g/mol. The largest absolute Gasteiger partial charge is 0.465 e. The van der Waals surface area contributed by atoms with Crippen molar-refractivity contribution in [3.05, 3.63) is 47.4 Å². The van der Waals surface area contributed by atoms with E-state index in [0.29, 0.717) is 5.56 Å². The molecule has 0 bridgehead atoms. The van der Waals surface area contributed by atoms with Crippen molar-refractivity contribution in [3.8, 4) is 11.1 Å². The molecule has 0 unspecified atom stereocenters. The summed E-state index contributed by atoms with van der Waals surface area (Å²) in [4.78, 5) is 15.8. The van der Waals surface area contributed by atoms with Gasteiger partial charge in [0, 0.05) is 46.2 Å². The number of carbonyl (C=O) groups excluding carboxylic acids is 1. The lowest BCUT2D eigenvalue weighted by atomic mass is 10.00. The molecule has 2 heterocycles. The van der Waals surface area contributed by atoms with E-state index >= 15 is 0 Å². The lowest BCUT2D eigenvalue weighted by molar-refractivity contribution is 0.0600. The number of carbonyl (C=O) groups is 1. The molecule has 0 saturated carbocycles. The van der Waals surface area contributed by atoms with Crippen LogP contribution in [0.2, 0.25) is 0 Å². The van der Waals surface area contributed by atoms with Crippen LogP contribution in [-0.2, 0) is 11.3 Å². The summed E-state index contributed by atoms with van der Waals surface area (Å²) < 4.78 is 7.32. The highest BCUT2D eigenvalue weighted by Gasteiger charge is 2.25. The van der Waals surface area contributed by atoms with Crippen molar-refractivity contribution in [3.63, 3.8) is 0 Å². The van der Waals surface area contributed by atoms with Crippen molar-refractivity contribution in [2.24, 2.45) is 0 Å². The van der Waals surface area contributed by atoms with Crippen molar-refractivity contribution in [1.82, 2.24) is 9.55 Å². The predicted octanol–water partition coefficient (Wildman–Crippen LogP) is 4.84. The summed E-state index contributed by atoms with van der Waals surface area (Å²) in [7, 11) is 1.44. The molecule has 1 N–H and O–H groups in total. The molecule has 0 fully saturated rings. The molecule has 2 aromatic heterocycles. The van der Waals surface area contributed by atoms with Crippen LogP contribution in [0.25, 0.3) is 22.0 Å². The van der Waals surface area contributed by atoms with Crippen LogP contribution in [0, 0.1) is 13.8 Å². The minimum Gasteiger partial charge on any atom is -0.465 e. The zero-order valence-corrected chi connectivity index (χ0v) is 14.8. The first-order chi connectivity index (χ1) is 11.6. The zero-order valence-electron chi connectivity index (χ0n) is 14.8. The average molecular weight is 324 g/mol. The predicted molar refractivity (Wildman–Crippen MR) is 97.4 cm³/mol. The second kappa shape index (κ2) is 6.56. The van der Waals surface area contributed by atoms with Gasteiger partial charge in [0.05, 0.1) is 12.7 Å². The Labute approximate surface area is 142 Å². The second-order valence-corrected chi connectivity index (χ2v) is 6.17. The van der Waals surface area contributed by atoms with Crippen LogP contribution in [0.3, 0.4) is 0 Å². The van der Waals surface area contributed by atoms with Crippen LogP contribution in [0.1, 0.15) is 41.5 Å². The van der Waals surface area contributed by atoms with Gasteiger partial charge < -0.3 is 14.3 Å². The number of aromatic amines is 1. The topological polar surface area (TPSA) is 47.0 Å². The van der Waals surface area contributed by atoms with E-state index < -0.39 is 0 Å². The van der Waals surface area contributed by atoms with Gasteiger partial charge in [-0.2, -0.15) is 0 Å². The summed E-state index contributed by atoms with van der Waals surface area (Å²) in [6, 6.07) is 8.16. The number of nitrogens with one attached hydrogen (secondary N) is 1. The van der Waals surface area contributed by atoms with Crippen LogP contribution in [0.5, 0.6) is 0 Å². The fraction of sp³-hybridized carbons (Fsp3) is 0.350. The lowest BCUT2D eigenvalue weighted by Gasteiger charge is -2.08. The third-order valence-electron chi connectivity index (χ3n) is 4.77. The first kappa shape index (κ1) is 16.4. The number of hydrogen-bond donors (Lipinski definition) is 1. The molecule has 0 aliphatic carbocycles. The number of esters is 1. The quantitative estimate of drug-likeness (QED) is 0.683. The van der Waals surface area contributed by atoms with Crippen molar-refractivity contribution < 1.29 is 9.53 Å². The van der Waals surface area contributed by atoms with E-state index in [0.717, 1.165) is 52.8 Å². The fourth-order valence-electron chi connectivity index (χ4n) is 3.49. The number of benzene rings is 1. The highest BCUT2D eigenvalue weighted by atomic mass is 16.5. The fourth-order valence-corrected chi connectivity index (χ4v) is 3.49. The Balaban J connectivity index is 2.27. The average Bonchev–Trinajstić information content (AvgIpc) is 3.11. The summed E-state index contributed by atoms with van der Waals surface area (Å²) in [5, 5.41) is 1.12. The third kappa shape index (κ3) is 2.52. The molecule has 3 rings (SSSR count). The molecule has 0 radical (unpaired) electrons. The maximum Gasteiger partial charge on any atom is 0.340 e. The number of para-hydroxylation sites is 1. The number of nitrogens with zero attached hydrogens (tertiary/aromatic N) is 1. The molecule has 24 heavy (non-hydrogen) atoms. The number of H-pyrrole nitrogens is 1. The molecule has 0 aliphatic rings. The molecule has 0 aliphatic heterocycles. The molecule has 3 aromatic rings. The first-order valence-corrected chi connectivity index (χ1v) is 8.44. The third-order valence-corrected chi connectivity index (χ3v) is 4.77. The number of aromatic nitrogens is 2. The minimum atomic E-state index is -0.272. The summed E-state index contributed by atoms with van der Waals surface area (Å²) in [6.07, 6.45) is 4.19. The van der Waals surface area contributed by atoms with E-state index in [9.17, 15) is 4.79 Å². The number of fused-ring (bicyclic) bond motifs is 1. The van der Waals surface area contributed by atoms with Gasteiger partial charge >= 0.3 is 5.97 Å². The summed E-state index contributed by atoms with van der Waals surface area (Å²) in [5.74, 6) is -0.272. The molecule has 1 aromatic carbocycles. The monoisotopic (exact) mass is 324 g/mol. The van der Waals surface area contributed by atoms with Crippen molar-refractivity contribution in [2.75, 3.05) is 7.11 Å². The van der Waals surface area contributed by atoms with E-state index in [2.05, 4.69) is 29.5 Å². The maximum absolute atomic E-state index is 12.5. The molecule has 126 valence electrons. The minimum absolute atomic E-state index is 0.272. The summed E-state index contributed by atoms with van der Waals surface area (Å²) >= 11 is 0. The molecule has 0 atom stereocenters. The number of methoxy groups -OCH3 is 1. The van der Waals surface area contributed by atoms with Gasteiger partial charge in [-0.15, -0.1) is 0 Å². The van der Waals surface area contributed by atoms with Crippen molar-refractivity contribution in [2.45, 2.75) is 40.2 Å². The SMILES string of the molecule is CCCCn1c(C)c(C(=O)OC)c(-c2c[nH]c3ccccc23)c1C. The Morgan fingerprint density at radius 1 is 1.21 bits per heavy atom. The van der Waals surface area contributed by atoms with Gasteiger partial charge in [0.1, 0.15) is 0 Å². The molecule has 4 heteroatoms. The van der Waals surface area contributed by atoms with E-state index in [1.54, 1.807) is 0 Å². The van der Waals surface area contributed by atoms with Gasteiger partial charge in [-0.05, 0) is 26.3 Å². The van der Waals surface area contributed by atoms with E-state index in [1.807, 2.05) is 31.3 Å². The standard InChI is InChI=1S/C20H24N2O2/c1-5-6-11-22-13(2)18(19(14(22)3)20(23)24-4)16-12-21-17-10-8-7-9-15(16)17/h7-10,12,21H,5-6,11H2,1-4H3. The van der Waals surface area contributed by atoms with Crippen LogP contribution in [0.15, 0.2) is 30.5 Å². The van der Waals surface area contributed by atoms with Crippen LogP contribution in [-0.4, -0.2) is 22.6 Å². The normalized spacial score (nSPS) is 11.2. The number of ether oxygens (including phenoxy) is 1. The molecule has 4 nitrogen and oxygen atoms in total. The van der Waals surface area contributed by atoms with Crippen LogP contribution in [0.4, 0.5) is 0 Å². The lowest BCUT2D eigenvalue weighted by Crippen LogP contribution is -2.06. The highest BCUT2D eigenvalue weighted by Crippen LogP contribution is 2.37. The Morgan fingerprint density at radius 2 is 1.96 bits per heavy atom. The number of rotatable bonds is 5. The molecule has 0 amide bonds. The van der Waals surface area contributed by atoms with Gasteiger partial charge in [-0.1, -0.05) is 31.5 Å². The van der Waals surface area contributed by atoms with Gasteiger partial charge in [-0.3, -0.25) is 0 Å². The Morgan fingerprint density at radius 3 is 2.67 bits per heavy atom. The smallest absolute Gasteiger partial charge is 0.340 e. The molecular formula is C20H24N2O2. The number of hydrogen-bond acceptors (Lipinski definition) is 2. The first-order valence-electron chi connectivity index (χ1n) is 8.44. The molecule has 0 saturated heterocycles. The zero-order chi connectivity index (χ0) is 17.3. The summed E-state index contributed by atoms with van der Waals surface area (Å²) in [6.45, 7) is 7.19. The van der Waals surface area contributed by atoms with E-state index in [1.165, 1.54) is 7.11 Å². The van der Waals surface area contributed by atoms with Crippen LogP contribution < -0.4 is 0 Å². The van der Waals surface area contributed by atoms with Gasteiger partial charge in [0.15, 0.2) is 0 Å².